The van der Waals surface area contributed by atoms with E-state index in [9.17, 15) is 9.59 Å². The molecule has 0 aliphatic carbocycles. The number of hydrogen-bond donors (Lipinski definition) is 2. The molecule has 0 bridgehead atoms. The maximum Gasteiger partial charge on any atom is 0.329 e. The summed E-state index contributed by atoms with van der Waals surface area (Å²) >= 11 is 5.88. The number of ether oxygens (including phenoxy) is 1. The van der Waals surface area contributed by atoms with Gasteiger partial charge < -0.3 is 10.1 Å². The van der Waals surface area contributed by atoms with Crippen molar-refractivity contribution in [3.05, 3.63) is 101 Å². The fraction of sp³-hybridized carbons (Fsp3) is 0.0870. The van der Waals surface area contributed by atoms with Crippen LogP contribution in [0.25, 0.3) is 0 Å². The van der Waals surface area contributed by atoms with Gasteiger partial charge in [0, 0.05) is 11.6 Å². The maximum absolute atomic E-state index is 11.8. The minimum Gasteiger partial charge on any atom is -0.489 e. The Labute approximate surface area is 179 Å². The van der Waals surface area contributed by atoms with E-state index in [-0.39, 0.29) is 6.54 Å². The Morgan fingerprint density at radius 2 is 1.67 bits per heavy atom. The van der Waals surface area contributed by atoms with Crippen LogP contribution in [0.5, 0.6) is 5.75 Å². The Balaban J connectivity index is 1.47. The van der Waals surface area contributed by atoms with Crippen molar-refractivity contribution in [2.24, 2.45) is 5.10 Å². The summed E-state index contributed by atoms with van der Waals surface area (Å²) in [6.07, 6.45) is 1.44. The van der Waals surface area contributed by atoms with Crippen molar-refractivity contribution in [3.8, 4) is 5.75 Å². The SMILES string of the molecule is O=C(NCc1ccccc1)C(=O)N/N=C/c1cccc(OCc2ccc(Cl)cc2)c1. The van der Waals surface area contributed by atoms with Gasteiger partial charge in [-0.1, -0.05) is 66.2 Å². The van der Waals surface area contributed by atoms with Crippen molar-refractivity contribution in [3.63, 3.8) is 0 Å². The first-order valence-corrected chi connectivity index (χ1v) is 9.60. The highest BCUT2D eigenvalue weighted by Crippen LogP contribution is 2.15. The molecule has 3 aromatic rings. The zero-order valence-corrected chi connectivity index (χ0v) is 16.8. The van der Waals surface area contributed by atoms with E-state index in [2.05, 4.69) is 15.8 Å². The van der Waals surface area contributed by atoms with E-state index < -0.39 is 11.8 Å². The van der Waals surface area contributed by atoms with Crippen molar-refractivity contribution in [2.75, 3.05) is 0 Å². The predicted octanol–water partition coefficient (Wildman–Crippen LogP) is 3.69. The van der Waals surface area contributed by atoms with Crippen LogP contribution in [-0.4, -0.2) is 18.0 Å². The molecule has 0 heterocycles. The van der Waals surface area contributed by atoms with Crippen LogP contribution in [0.3, 0.4) is 0 Å². The number of halogens is 1. The molecule has 2 amide bonds. The first-order chi connectivity index (χ1) is 14.6. The zero-order valence-electron chi connectivity index (χ0n) is 16.0. The Kier molecular flexibility index (Phi) is 7.58. The van der Waals surface area contributed by atoms with Gasteiger partial charge in [-0.05, 0) is 41.0 Å². The molecule has 3 aromatic carbocycles. The van der Waals surface area contributed by atoms with Gasteiger partial charge in [0.15, 0.2) is 0 Å². The quantitative estimate of drug-likeness (QED) is 0.347. The minimum absolute atomic E-state index is 0.268. The molecular formula is C23H20ClN3O3. The standard InChI is InChI=1S/C23H20ClN3O3/c24-20-11-9-18(10-12-20)16-30-21-8-4-7-19(13-21)15-26-27-23(29)22(28)25-14-17-5-2-1-3-6-17/h1-13,15H,14,16H2,(H,25,28)(H,27,29)/b26-15+. The fourth-order valence-corrected chi connectivity index (χ4v) is 2.63. The van der Waals surface area contributed by atoms with Gasteiger partial charge in [-0.25, -0.2) is 5.43 Å². The molecule has 0 fully saturated rings. The summed E-state index contributed by atoms with van der Waals surface area (Å²) in [6.45, 7) is 0.667. The van der Waals surface area contributed by atoms with Crippen molar-refractivity contribution >= 4 is 29.6 Å². The molecule has 0 radical (unpaired) electrons. The average Bonchev–Trinajstić information content (AvgIpc) is 2.78. The van der Waals surface area contributed by atoms with E-state index in [1.807, 2.05) is 66.7 Å². The van der Waals surface area contributed by atoms with Crippen LogP contribution in [0, 0.1) is 0 Å². The molecular weight excluding hydrogens is 402 g/mol. The lowest BCUT2D eigenvalue weighted by atomic mass is 10.2. The van der Waals surface area contributed by atoms with E-state index in [4.69, 9.17) is 16.3 Å². The molecule has 6 nitrogen and oxygen atoms in total. The first kappa shape index (κ1) is 21.1. The summed E-state index contributed by atoms with van der Waals surface area (Å²) in [4.78, 5) is 23.7. The molecule has 0 aliphatic heterocycles. The number of hydrazone groups is 1. The molecule has 0 aliphatic rings. The van der Waals surface area contributed by atoms with Gasteiger partial charge in [0.1, 0.15) is 12.4 Å². The summed E-state index contributed by atoms with van der Waals surface area (Å²) in [5, 5.41) is 7.04. The smallest absolute Gasteiger partial charge is 0.329 e. The number of nitrogens with one attached hydrogen (secondary N) is 2. The third-order valence-electron chi connectivity index (χ3n) is 4.06. The van der Waals surface area contributed by atoms with Crippen LogP contribution in [0.15, 0.2) is 84.0 Å². The van der Waals surface area contributed by atoms with Gasteiger partial charge in [0.2, 0.25) is 0 Å². The fourth-order valence-electron chi connectivity index (χ4n) is 2.51. The van der Waals surface area contributed by atoms with Crippen LogP contribution < -0.4 is 15.5 Å². The number of carbonyl (C=O) groups excluding carboxylic acids is 2. The third kappa shape index (κ3) is 6.76. The Morgan fingerprint density at radius 1 is 0.900 bits per heavy atom. The number of nitrogens with zero attached hydrogens (tertiary/aromatic N) is 1. The van der Waals surface area contributed by atoms with Gasteiger partial charge in [-0.3, -0.25) is 9.59 Å². The van der Waals surface area contributed by atoms with Crippen molar-refractivity contribution in [1.82, 2.24) is 10.7 Å². The first-order valence-electron chi connectivity index (χ1n) is 9.22. The highest BCUT2D eigenvalue weighted by Gasteiger charge is 2.11. The highest BCUT2D eigenvalue weighted by molar-refractivity contribution is 6.35. The number of hydrogen-bond acceptors (Lipinski definition) is 4. The van der Waals surface area contributed by atoms with E-state index in [1.54, 1.807) is 12.1 Å². The van der Waals surface area contributed by atoms with Crippen molar-refractivity contribution in [2.45, 2.75) is 13.2 Å². The van der Waals surface area contributed by atoms with E-state index in [0.29, 0.717) is 22.9 Å². The van der Waals surface area contributed by atoms with Crippen molar-refractivity contribution in [1.29, 1.82) is 0 Å². The lowest BCUT2D eigenvalue weighted by molar-refractivity contribution is -0.139. The largest absolute Gasteiger partial charge is 0.489 e. The Morgan fingerprint density at radius 3 is 2.43 bits per heavy atom. The minimum atomic E-state index is -0.836. The number of rotatable bonds is 7. The molecule has 7 heteroatoms. The predicted molar refractivity (Wildman–Crippen MR) is 116 cm³/mol. The summed E-state index contributed by atoms with van der Waals surface area (Å²) in [7, 11) is 0. The van der Waals surface area contributed by atoms with Crippen LogP contribution in [0.2, 0.25) is 5.02 Å². The molecule has 30 heavy (non-hydrogen) atoms. The molecule has 152 valence electrons. The summed E-state index contributed by atoms with van der Waals surface area (Å²) < 4.78 is 5.76. The molecule has 2 N–H and O–H groups in total. The van der Waals surface area contributed by atoms with Crippen LogP contribution in [-0.2, 0) is 22.7 Å². The van der Waals surface area contributed by atoms with Gasteiger partial charge in [-0.15, -0.1) is 0 Å². The second kappa shape index (κ2) is 10.8. The Bertz CT molecular complexity index is 1020. The lowest BCUT2D eigenvalue weighted by Gasteiger charge is -2.07. The van der Waals surface area contributed by atoms with E-state index in [1.165, 1.54) is 6.21 Å². The van der Waals surface area contributed by atoms with E-state index in [0.717, 1.165) is 11.1 Å². The number of amides is 2. The highest BCUT2D eigenvalue weighted by atomic mass is 35.5. The molecule has 0 spiro atoms. The second-order valence-corrected chi connectivity index (χ2v) is 6.79. The normalized spacial score (nSPS) is 10.6. The van der Waals surface area contributed by atoms with Gasteiger partial charge in [0.25, 0.3) is 0 Å². The number of benzene rings is 3. The monoisotopic (exact) mass is 421 g/mol. The molecule has 0 aromatic heterocycles. The number of carbonyl (C=O) groups is 2. The average molecular weight is 422 g/mol. The van der Waals surface area contributed by atoms with Crippen LogP contribution in [0.4, 0.5) is 0 Å². The summed E-state index contributed by atoms with van der Waals surface area (Å²) in [6, 6.07) is 23.9. The summed E-state index contributed by atoms with van der Waals surface area (Å²) in [5.74, 6) is -0.936. The molecule has 3 rings (SSSR count). The maximum atomic E-state index is 11.8. The lowest BCUT2D eigenvalue weighted by Crippen LogP contribution is -2.37. The summed E-state index contributed by atoms with van der Waals surface area (Å²) in [5.41, 5.74) is 4.82. The Hall–Kier alpha value is -3.64. The molecule has 0 unspecified atom stereocenters. The molecule has 0 saturated carbocycles. The topological polar surface area (TPSA) is 79.8 Å². The zero-order chi connectivity index (χ0) is 21.2. The van der Waals surface area contributed by atoms with Crippen LogP contribution in [0.1, 0.15) is 16.7 Å². The van der Waals surface area contributed by atoms with Gasteiger partial charge in [0.05, 0.1) is 6.21 Å². The van der Waals surface area contributed by atoms with E-state index >= 15 is 0 Å². The molecule has 0 atom stereocenters. The second-order valence-electron chi connectivity index (χ2n) is 6.36. The van der Waals surface area contributed by atoms with Crippen molar-refractivity contribution < 1.29 is 14.3 Å². The van der Waals surface area contributed by atoms with Gasteiger partial charge >= 0.3 is 11.8 Å². The third-order valence-corrected chi connectivity index (χ3v) is 4.31. The molecule has 0 saturated heterocycles. The van der Waals surface area contributed by atoms with Crippen LogP contribution >= 0.6 is 11.6 Å². The van der Waals surface area contributed by atoms with Gasteiger partial charge in [-0.2, -0.15) is 5.10 Å².